The number of carbonyl (C=O) groups is 1. The second kappa shape index (κ2) is 12.1. The van der Waals surface area contributed by atoms with Gasteiger partial charge in [-0.3, -0.25) is 9.36 Å². The fourth-order valence-electron chi connectivity index (χ4n) is 4.69. The van der Waals surface area contributed by atoms with E-state index in [1.165, 1.54) is 11.3 Å². The highest BCUT2D eigenvalue weighted by Gasteiger charge is 2.36. The number of esters is 1. The first kappa shape index (κ1) is 28.3. The zero-order chi connectivity index (χ0) is 28.4. The number of thiazole rings is 1. The van der Waals surface area contributed by atoms with E-state index < -0.39 is 12.0 Å². The summed E-state index contributed by atoms with van der Waals surface area (Å²) in [6.07, 6.45) is 3.04. The Kier molecular flexibility index (Phi) is 8.58. The molecule has 7 nitrogen and oxygen atoms in total. The van der Waals surface area contributed by atoms with Gasteiger partial charge in [0, 0.05) is 26.1 Å². The minimum Gasteiger partial charge on any atom is -0.496 e. The fraction of sp³-hybridized carbons (Fsp3) is 0.233. The minimum atomic E-state index is -0.778. The second-order valence-electron chi connectivity index (χ2n) is 9.01. The number of benzene rings is 2. The van der Waals surface area contributed by atoms with E-state index in [0.29, 0.717) is 49.9 Å². The maximum absolute atomic E-state index is 14.0. The van der Waals surface area contributed by atoms with E-state index in [0.717, 1.165) is 20.9 Å². The summed E-state index contributed by atoms with van der Waals surface area (Å²) in [5.74, 6) is 1.27. The molecule has 40 heavy (non-hydrogen) atoms. The van der Waals surface area contributed by atoms with E-state index in [2.05, 4.69) is 31.9 Å². The molecule has 0 saturated heterocycles. The van der Waals surface area contributed by atoms with Crippen molar-refractivity contribution in [3.63, 3.8) is 0 Å². The maximum atomic E-state index is 14.0. The topological polar surface area (TPSA) is 83.0 Å². The summed E-state index contributed by atoms with van der Waals surface area (Å²) in [5, 5.41) is 0. The number of halogens is 2. The van der Waals surface area contributed by atoms with Crippen LogP contribution in [-0.2, 0) is 9.53 Å². The van der Waals surface area contributed by atoms with Crippen molar-refractivity contribution in [1.82, 2.24) is 4.57 Å². The van der Waals surface area contributed by atoms with Gasteiger partial charge in [0.1, 0.15) is 23.3 Å². The average molecular weight is 686 g/mol. The smallest absolute Gasteiger partial charge is 0.338 e. The molecule has 0 aliphatic carbocycles. The second-order valence-corrected chi connectivity index (χ2v) is 11.9. The van der Waals surface area contributed by atoms with E-state index in [4.69, 9.17) is 18.9 Å². The van der Waals surface area contributed by atoms with Gasteiger partial charge in [0.25, 0.3) is 5.56 Å². The number of fused-ring (bicyclic) bond motifs is 1. The van der Waals surface area contributed by atoms with Crippen LogP contribution < -0.4 is 19.6 Å². The van der Waals surface area contributed by atoms with E-state index in [1.807, 2.05) is 61.5 Å². The van der Waals surface area contributed by atoms with Gasteiger partial charge in [0.2, 0.25) is 0 Å². The molecular weight excluding hydrogens is 660 g/mol. The van der Waals surface area contributed by atoms with Crippen molar-refractivity contribution < 1.29 is 18.7 Å². The van der Waals surface area contributed by atoms with Crippen LogP contribution in [0.4, 0.5) is 0 Å². The monoisotopic (exact) mass is 684 g/mol. The Hall–Kier alpha value is -3.21. The van der Waals surface area contributed by atoms with Crippen LogP contribution >= 0.6 is 43.2 Å². The number of rotatable bonds is 8. The largest absolute Gasteiger partial charge is 0.496 e. The molecule has 0 N–H and O–H groups in total. The number of ether oxygens (including phenoxy) is 2. The number of allylic oxidation sites excluding steroid dienone is 1. The number of aromatic nitrogens is 1. The first-order valence-electron chi connectivity index (χ1n) is 12.8. The molecule has 0 radical (unpaired) electrons. The van der Waals surface area contributed by atoms with Gasteiger partial charge in [-0.2, -0.15) is 0 Å². The highest BCUT2D eigenvalue weighted by atomic mass is 79.9. The van der Waals surface area contributed by atoms with Gasteiger partial charge in [-0.1, -0.05) is 68.7 Å². The van der Waals surface area contributed by atoms with E-state index >= 15 is 0 Å². The number of methoxy groups -OCH3 is 1. The molecule has 2 aromatic heterocycles. The molecule has 1 aliphatic heterocycles. The van der Waals surface area contributed by atoms with E-state index in [9.17, 15) is 9.59 Å². The van der Waals surface area contributed by atoms with E-state index in [-0.39, 0.29) is 12.2 Å². The van der Waals surface area contributed by atoms with Gasteiger partial charge >= 0.3 is 5.97 Å². The molecule has 0 bridgehead atoms. The van der Waals surface area contributed by atoms with Gasteiger partial charge < -0.3 is 13.9 Å². The van der Waals surface area contributed by atoms with Crippen LogP contribution in [0, 0.1) is 0 Å². The lowest BCUT2D eigenvalue weighted by atomic mass is 9.93. The van der Waals surface area contributed by atoms with Gasteiger partial charge in [-0.25, -0.2) is 9.79 Å². The number of hydrogen-bond acceptors (Lipinski definition) is 7. The summed E-state index contributed by atoms with van der Waals surface area (Å²) in [5.41, 5.74) is 2.24. The molecule has 0 saturated carbocycles. The molecule has 1 aliphatic rings. The van der Waals surface area contributed by atoms with Crippen LogP contribution in [0.3, 0.4) is 0 Å². The predicted molar refractivity (Wildman–Crippen MR) is 162 cm³/mol. The molecule has 5 rings (SSSR count). The zero-order valence-corrected chi connectivity index (χ0v) is 26.1. The van der Waals surface area contributed by atoms with Crippen LogP contribution in [0.5, 0.6) is 5.75 Å². The summed E-state index contributed by atoms with van der Waals surface area (Å²) in [6.45, 7) is 3.98. The Morgan fingerprint density at radius 3 is 2.65 bits per heavy atom. The third kappa shape index (κ3) is 5.53. The molecular formula is C30H26Br2N2O5S. The van der Waals surface area contributed by atoms with Crippen LogP contribution in [0.15, 0.2) is 89.0 Å². The van der Waals surface area contributed by atoms with Crippen molar-refractivity contribution in [2.24, 2.45) is 4.99 Å². The van der Waals surface area contributed by atoms with Crippen molar-refractivity contribution in [3.05, 3.63) is 106 Å². The first-order valence-corrected chi connectivity index (χ1v) is 15.2. The van der Waals surface area contributed by atoms with Crippen LogP contribution in [0.25, 0.3) is 17.4 Å². The summed E-state index contributed by atoms with van der Waals surface area (Å²) in [4.78, 5) is 32.7. The molecule has 0 amide bonds. The van der Waals surface area contributed by atoms with Crippen molar-refractivity contribution >= 4 is 55.2 Å². The van der Waals surface area contributed by atoms with Crippen LogP contribution in [0.1, 0.15) is 44.1 Å². The van der Waals surface area contributed by atoms with Crippen molar-refractivity contribution in [3.8, 4) is 17.1 Å². The molecule has 2 aromatic carbocycles. The summed E-state index contributed by atoms with van der Waals surface area (Å²) < 4.78 is 21.0. The quantitative estimate of drug-likeness (QED) is 0.201. The minimum absolute atomic E-state index is 0.202. The van der Waals surface area contributed by atoms with Gasteiger partial charge in [-0.15, -0.1) is 0 Å². The Bertz CT molecular complexity index is 1800. The van der Waals surface area contributed by atoms with Gasteiger partial charge in [0.05, 0.1) is 29.5 Å². The fourth-order valence-corrected chi connectivity index (χ4v) is 6.47. The highest BCUT2D eigenvalue weighted by molar-refractivity contribution is 9.10. The molecule has 206 valence electrons. The molecule has 0 unspecified atom stereocenters. The molecule has 0 fully saturated rings. The lowest BCUT2D eigenvalue weighted by molar-refractivity contribution is -0.139. The Labute approximate surface area is 251 Å². The normalized spacial score (nSPS) is 15.1. The van der Waals surface area contributed by atoms with Crippen molar-refractivity contribution in [1.29, 1.82) is 0 Å². The Morgan fingerprint density at radius 2 is 1.93 bits per heavy atom. The van der Waals surface area contributed by atoms with Crippen LogP contribution in [-0.4, -0.2) is 24.3 Å². The SMILES string of the molecule is CCCC1=C(C(=O)OCC)[C@H](c2cc(Br)ccc2OC)n2c(s/c(=C/c3ccc(-c4cccc(Br)c4)o3)c2=O)=N1. The lowest BCUT2D eigenvalue weighted by Crippen LogP contribution is -2.40. The maximum Gasteiger partial charge on any atom is 0.338 e. The highest BCUT2D eigenvalue weighted by Crippen LogP contribution is 2.38. The third-order valence-electron chi connectivity index (χ3n) is 6.39. The van der Waals surface area contributed by atoms with Crippen LogP contribution in [0.2, 0.25) is 0 Å². The van der Waals surface area contributed by atoms with Gasteiger partial charge in [0.15, 0.2) is 4.80 Å². The van der Waals surface area contributed by atoms with E-state index in [1.54, 1.807) is 24.7 Å². The average Bonchev–Trinajstić information content (AvgIpc) is 3.52. The molecule has 0 spiro atoms. The molecule has 10 heteroatoms. The molecule has 3 heterocycles. The standard InChI is InChI=1S/C30H26Br2N2O5S/c1-4-7-22-26(29(36)38-5-2)27(21-15-19(32)10-12-24(21)37-3)34-28(35)25(40-30(34)33-22)16-20-11-13-23(39-20)17-8-6-9-18(31)14-17/h6,8-16,27H,4-5,7H2,1-3H3/b25-16+/t27-/m0/s1. The summed E-state index contributed by atoms with van der Waals surface area (Å²) >= 11 is 8.29. The van der Waals surface area contributed by atoms with Crippen molar-refractivity contribution in [2.75, 3.05) is 13.7 Å². The van der Waals surface area contributed by atoms with Gasteiger partial charge in [-0.05, 0) is 55.8 Å². The Morgan fingerprint density at radius 1 is 1.12 bits per heavy atom. The first-order chi connectivity index (χ1) is 19.3. The molecule has 1 atom stereocenters. The third-order valence-corrected chi connectivity index (χ3v) is 8.36. The number of nitrogens with zero attached hydrogens (tertiary/aromatic N) is 2. The Balaban J connectivity index is 1.72. The lowest BCUT2D eigenvalue weighted by Gasteiger charge is -2.27. The number of hydrogen-bond donors (Lipinski definition) is 0. The van der Waals surface area contributed by atoms with Crippen molar-refractivity contribution in [2.45, 2.75) is 32.7 Å². The summed E-state index contributed by atoms with van der Waals surface area (Å²) in [6, 6.07) is 16.3. The predicted octanol–water partition coefficient (Wildman–Crippen LogP) is 6.37. The summed E-state index contributed by atoms with van der Waals surface area (Å²) in [7, 11) is 1.57. The number of furan rings is 1. The zero-order valence-electron chi connectivity index (χ0n) is 22.1. The number of carbonyl (C=O) groups excluding carboxylic acids is 1. The molecule has 4 aromatic rings.